The first-order valence-electron chi connectivity index (χ1n) is 5.20. The summed E-state index contributed by atoms with van der Waals surface area (Å²) in [7, 11) is 2.57. The average molecular weight is 283 g/mol. The minimum atomic E-state index is -0.484. The van der Waals surface area contributed by atoms with Crippen molar-refractivity contribution < 1.29 is 4.92 Å². The van der Waals surface area contributed by atoms with Crippen molar-refractivity contribution in [1.29, 1.82) is 5.41 Å². The summed E-state index contributed by atoms with van der Waals surface area (Å²) in [6.45, 7) is 4.08. The molecule has 18 heavy (non-hydrogen) atoms. The Morgan fingerprint density at radius 2 is 2.28 bits per heavy atom. The molecule has 1 aromatic heterocycles. The van der Waals surface area contributed by atoms with Gasteiger partial charge in [0.25, 0.3) is 5.69 Å². The van der Waals surface area contributed by atoms with Crippen molar-refractivity contribution in [3.63, 3.8) is 0 Å². The third kappa shape index (κ3) is 5.33. The first-order chi connectivity index (χ1) is 8.49. The Morgan fingerprint density at radius 3 is 2.78 bits per heavy atom. The zero-order chi connectivity index (χ0) is 13.5. The van der Waals surface area contributed by atoms with Crippen molar-refractivity contribution in [2.45, 2.75) is 18.9 Å². The van der Waals surface area contributed by atoms with Crippen LogP contribution in [0.15, 0.2) is 35.5 Å². The molecule has 1 aromatic rings. The molecule has 0 radical (unpaired) electrons. The van der Waals surface area contributed by atoms with E-state index in [2.05, 4.69) is 4.98 Å². The fourth-order valence-corrected chi connectivity index (χ4v) is 2.44. The van der Waals surface area contributed by atoms with Gasteiger partial charge >= 0.3 is 0 Å². The van der Waals surface area contributed by atoms with E-state index in [4.69, 9.17) is 5.41 Å². The predicted molar refractivity (Wildman–Crippen MR) is 76.0 cm³/mol. The maximum Gasteiger partial charge on any atom is 0.287 e. The lowest BCUT2D eigenvalue weighted by Gasteiger charge is -1.99. The van der Waals surface area contributed by atoms with Gasteiger partial charge in [-0.1, -0.05) is 19.9 Å². The zero-order valence-electron chi connectivity index (χ0n) is 9.99. The second kappa shape index (κ2) is 7.17. The van der Waals surface area contributed by atoms with E-state index in [1.807, 2.05) is 19.9 Å². The van der Waals surface area contributed by atoms with Crippen molar-refractivity contribution >= 4 is 32.3 Å². The van der Waals surface area contributed by atoms with Gasteiger partial charge in [-0.05, 0) is 39.6 Å². The molecule has 0 bridgehead atoms. The Bertz CT molecular complexity index is 458. The van der Waals surface area contributed by atoms with Gasteiger partial charge in [0.2, 0.25) is 0 Å². The molecule has 5 nitrogen and oxygen atoms in total. The van der Waals surface area contributed by atoms with Gasteiger partial charge in [-0.15, -0.1) is 0 Å². The molecular weight excluding hydrogens is 270 g/mol. The summed E-state index contributed by atoms with van der Waals surface area (Å²) in [5.74, 6) is 0.411. The summed E-state index contributed by atoms with van der Waals surface area (Å²) in [4.78, 5) is 13.9. The van der Waals surface area contributed by atoms with Crippen LogP contribution in [0.4, 0.5) is 5.69 Å². The Morgan fingerprint density at radius 1 is 1.56 bits per heavy atom. The van der Waals surface area contributed by atoms with E-state index in [1.54, 1.807) is 12.1 Å². The zero-order valence-corrected chi connectivity index (χ0v) is 11.6. The Hall–Kier alpha value is -1.34. The molecule has 0 saturated heterocycles. The van der Waals surface area contributed by atoms with Gasteiger partial charge in [0.05, 0.1) is 9.97 Å². The van der Waals surface area contributed by atoms with Crippen LogP contribution in [0.25, 0.3) is 0 Å². The van der Waals surface area contributed by atoms with Gasteiger partial charge in [-0.3, -0.25) is 15.5 Å². The van der Waals surface area contributed by atoms with Crippen LogP contribution < -0.4 is 0 Å². The SMILES string of the molecule is CC(C)/C=C\C(=N)SSc1ccc([N+](=O)[O-])cn1. The molecule has 0 aliphatic heterocycles. The van der Waals surface area contributed by atoms with E-state index in [9.17, 15) is 10.1 Å². The van der Waals surface area contributed by atoms with Crippen LogP contribution in [0.2, 0.25) is 0 Å². The third-order valence-corrected chi connectivity index (χ3v) is 3.89. The van der Waals surface area contributed by atoms with E-state index >= 15 is 0 Å². The molecule has 96 valence electrons. The van der Waals surface area contributed by atoms with Crippen LogP contribution >= 0.6 is 21.6 Å². The fourth-order valence-electron chi connectivity index (χ4n) is 0.925. The van der Waals surface area contributed by atoms with E-state index < -0.39 is 4.92 Å². The summed E-state index contributed by atoms with van der Waals surface area (Å²) in [5.41, 5.74) is -0.0286. The lowest BCUT2D eigenvalue weighted by Crippen LogP contribution is -1.89. The normalized spacial score (nSPS) is 11.1. The largest absolute Gasteiger partial charge is 0.293 e. The number of hydrogen-bond acceptors (Lipinski definition) is 6. The van der Waals surface area contributed by atoms with E-state index in [-0.39, 0.29) is 5.69 Å². The number of rotatable bonds is 5. The van der Waals surface area contributed by atoms with Crippen molar-refractivity contribution in [2.24, 2.45) is 5.92 Å². The molecular formula is C11H13N3O2S2. The summed E-state index contributed by atoms with van der Waals surface area (Å²) in [5, 5.41) is 19.2. The van der Waals surface area contributed by atoms with Crippen molar-refractivity contribution in [3.8, 4) is 0 Å². The standard InChI is InChI=1S/C11H13N3O2S2/c1-8(2)3-5-10(12)17-18-11-6-4-9(7-13-11)14(15)16/h3-8,12H,1-2H3/b5-3-,12-10?. The second-order valence-corrected chi connectivity index (χ2v) is 5.94. The molecule has 0 saturated carbocycles. The first kappa shape index (κ1) is 14.7. The van der Waals surface area contributed by atoms with Gasteiger partial charge in [0, 0.05) is 6.07 Å². The predicted octanol–water partition coefficient (Wildman–Crippen LogP) is 3.92. The smallest absolute Gasteiger partial charge is 0.287 e. The highest BCUT2D eigenvalue weighted by Gasteiger charge is 2.06. The second-order valence-electron chi connectivity index (χ2n) is 3.75. The average Bonchev–Trinajstić information content (AvgIpc) is 2.34. The highest BCUT2D eigenvalue weighted by atomic mass is 33.1. The molecule has 0 aliphatic rings. The number of nitrogens with one attached hydrogen (secondary N) is 1. The van der Waals surface area contributed by atoms with E-state index in [0.29, 0.717) is 16.0 Å². The number of nitro groups is 1. The van der Waals surface area contributed by atoms with Crippen LogP contribution in [0.5, 0.6) is 0 Å². The monoisotopic (exact) mass is 283 g/mol. The van der Waals surface area contributed by atoms with Gasteiger partial charge in [0.15, 0.2) is 0 Å². The molecule has 0 unspecified atom stereocenters. The lowest BCUT2D eigenvalue weighted by molar-refractivity contribution is -0.385. The number of aromatic nitrogens is 1. The molecule has 0 spiro atoms. The molecule has 0 atom stereocenters. The maximum absolute atomic E-state index is 10.4. The maximum atomic E-state index is 10.4. The molecule has 1 rings (SSSR count). The van der Waals surface area contributed by atoms with Crippen LogP contribution in [0.1, 0.15) is 13.8 Å². The van der Waals surface area contributed by atoms with Gasteiger partial charge in [-0.2, -0.15) is 0 Å². The molecule has 1 heterocycles. The number of pyridine rings is 1. The van der Waals surface area contributed by atoms with Gasteiger partial charge < -0.3 is 0 Å². The van der Waals surface area contributed by atoms with E-state index in [1.165, 1.54) is 33.9 Å². The Labute approximate surface area is 113 Å². The van der Waals surface area contributed by atoms with Crippen LogP contribution in [-0.4, -0.2) is 15.0 Å². The van der Waals surface area contributed by atoms with Crippen LogP contribution in [0, 0.1) is 21.4 Å². The number of hydrogen-bond donors (Lipinski definition) is 1. The lowest BCUT2D eigenvalue weighted by atomic mass is 10.2. The summed E-state index contributed by atoms with van der Waals surface area (Å²) >= 11 is 0. The molecule has 0 aliphatic carbocycles. The number of nitrogens with zero attached hydrogens (tertiary/aromatic N) is 2. The van der Waals surface area contributed by atoms with Crippen LogP contribution in [0.3, 0.4) is 0 Å². The van der Waals surface area contributed by atoms with Crippen molar-refractivity contribution in [3.05, 3.63) is 40.6 Å². The van der Waals surface area contributed by atoms with Crippen molar-refractivity contribution in [2.75, 3.05) is 0 Å². The summed E-state index contributed by atoms with van der Waals surface area (Å²) in [6.07, 6.45) is 4.91. The quantitative estimate of drug-likeness (QED) is 0.291. The molecule has 7 heteroatoms. The highest BCUT2D eigenvalue weighted by Crippen LogP contribution is 2.31. The Balaban J connectivity index is 2.49. The topological polar surface area (TPSA) is 79.9 Å². The number of allylic oxidation sites excluding steroid dienone is 1. The van der Waals surface area contributed by atoms with Gasteiger partial charge in [-0.25, -0.2) is 4.98 Å². The van der Waals surface area contributed by atoms with Crippen LogP contribution in [-0.2, 0) is 0 Å². The fraction of sp³-hybridized carbons (Fsp3) is 0.273. The third-order valence-electron chi connectivity index (χ3n) is 1.78. The molecule has 0 fully saturated rings. The minimum Gasteiger partial charge on any atom is -0.293 e. The van der Waals surface area contributed by atoms with Crippen molar-refractivity contribution in [1.82, 2.24) is 4.98 Å². The molecule has 1 N–H and O–H groups in total. The minimum absolute atomic E-state index is 0.0286. The Kier molecular flexibility index (Phi) is 5.87. The molecule has 0 amide bonds. The van der Waals surface area contributed by atoms with Gasteiger partial charge in [0.1, 0.15) is 11.2 Å². The first-order valence-corrected chi connectivity index (χ1v) is 7.35. The molecule has 0 aromatic carbocycles. The summed E-state index contributed by atoms with van der Waals surface area (Å²) < 4.78 is 0. The highest BCUT2D eigenvalue weighted by molar-refractivity contribution is 8.82. The van der Waals surface area contributed by atoms with E-state index in [0.717, 1.165) is 0 Å². The summed E-state index contributed by atoms with van der Waals surface area (Å²) in [6, 6.07) is 2.98.